The Bertz CT molecular complexity index is 751. The summed E-state index contributed by atoms with van der Waals surface area (Å²) in [6.07, 6.45) is 0. The first-order chi connectivity index (χ1) is 10.6. The molecular weight excluding hydrogens is 298 g/mol. The predicted octanol–water partition coefficient (Wildman–Crippen LogP) is 4.19. The quantitative estimate of drug-likeness (QED) is 0.863. The highest BCUT2D eigenvalue weighted by molar-refractivity contribution is 8.18. The zero-order valence-corrected chi connectivity index (χ0v) is 12.6. The van der Waals surface area contributed by atoms with Crippen LogP contribution in [0.4, 0.5) is 4.79 Å². The van der Waals surface area contributed by atoms with Crippen LogP contribution in [0.1, 0.15) is 12.5 Å². The maximum atomic E-state index is 11.7. The van der Waals surface area contributed by atoms with Gasteiger partial charge in [-0.1, -0.05) is 30.3 Å². The lowest BCUT2D eigenvalue weighted by Gasteiger charge is -2.08. The molecule has 2 aromatic carbocycles. The number of nitrogens with one attached hydrogen (secondary N) is 1. The highest BCUT2D eigenvalue weighted by Gasteiger charge is 2.27. The Morgan fingerprint density at radius 1 is 0.955 bits per heavy atom. The molecule has 1 fully saturated rings. The molecule has 2 amide bonds. The smallest absolute Gasteiger partial charge is 0.290 e. The molecule has 1 N–H and O–H groups in total. The third-order valence-corrected chi connectivity index (χ3v) is 4.21. The van der Waals surface area contributed by atoms with Gasteiger partial charge in [-0.3, -0.25) is 14.9 Å². The summed E-state index contributed by atoms with van der Waals surface area (Å²) in [6, 6.07) is 16.9. The van der Waals surface area contributed by atoms with Crippen LogP contribution in [0.5, 0.6) is 11.5 Å². The summed E-state index contributed by atoms with van der Waals surface area (Å²) in [7, 11) is 0. The number of benzene rings is 2. The van der Waals surface area contributed by atoms with Crippen LogP contribution in [0.3, 0.4) is 0 Å². The normalized spacial score (nSPS) is 16.4. The topological polar surface area (TPSA) is 55.4 Å². The minimum absolute atomic E-state index is 0.330. The molecule has 0 atom stereocenters. The molecule has 1 heterocycles. The van der Waals surface area contributed by atoms with E-state index in [1.807, 2.05) is 61.5 Å². The summed E-state index contributed by atoms with van der Waals surface area (Å²) in [4.78, 5) is 23.4. The predicted molar refractivity (Wildman–Crippen MR) is 86.7 cm³/mol. The number of imide groups is 1. The highest BCUT2D eigenvalue weighted by Crippen LogP contribution is 2.32. The minimum atomic E-state index is -0.336. The number of carbonyl (C=O) groups is 2. The fraction of sp³-hybridized carbons (Fsp3) is 0.0588. The number of ether oxygens (including phenoxy) is 1. The zero-order valence-electron chi connectivity index (χ0n) is 11.8. The summed E-state index contributed by atoms with van der Waals surface area (Å²) in [5, 5.41) is 1.93. The molecule has 0 aliphatic carbocycles. The molecule has 0 saturated carbocycles. The third kappa shape index (κ3) is 3.04. The van der Waals surface area contributed by atoms with E-state index in [0.29, 0.717) is 10.7 Å². The van der Waals surface area contributed by atoms with E-state index in [0.717, 1.165) is 28.6 Å². The monoisotopic (exact) mass is 311 g/mol. The van der Waals surface area contributed by atoms with Gasteiger partial charge >= 0.3 is 0 Å². The van der Waals surface area contributed by atoms with E-state index in [1.165, 1.54) is 0 Å². The van der Waals surface area contributed by atoms with E-state index in [2.05, 4.69) is 5.32 Å². The lowest BCUT2D eigenvalue weighted by Crippen LogP contribution is -2.18. The maximum absolute atomic E-state index is 11.7. The summed E-state index contributed by atoms with van der Waals surface area (Å²) >= 11 is 0.932. The van der Waals surface area contributed by atoms with Crippen LogP contribution in [0.2, 0.25) is 0 Å². The van der Waals surface area contributed by atoms with Crippen LogP contribution in [0, 0.1) is 0 Å². The van der Waals surface area contributed by atoms with Crippen molar-refractivity contribution in [1.82, 2.24) is 5.32 Å². The van der Waals surface area contributed by atoms with E-state index in [9.17, 15) is 9.59 Å². The van der Waals surface area contributed by atoms with E-state index >= 15 is 0 Å². The number of hydrogen-bond acceptors (Lipinski definition) is 4. The van der Waals surface area contributed by atoms with Gasteiger partial charge in [-0.15, -0.1) is 0 Å². The Morgan fingerprint density at radius 3 is 2.18 bits per heavy atom. The van der Waals surface area contributed by atoms with Gasteiger partial charge in [-0.25, -0.2) is 0 Å². The first kappa shape index (κ1) is 14.4. The molecule has 22 heavy (non-hydrogen) atoms. The van der Waals surface area contributed by atoms with Gasteiger partial charge < -0.3 is 4.74 Å². The average Bonchev–Trinajstić information content (AvgIpc) is 2.87. The molecule has 0 spiro atoms. The van der Waals surface area contributed by atoms with Gasteiger partial charge in [0.2, 0.25) is 0 Å². The maximum Gasteiger partial charge on any atom is 0.290 e. The van der Waals surface area contributed by atoms with Gasteiger partial charge in [0.1, 0.15) is 11.5 Å². The van der Waals surface area contributed by atoms with Crippen LogP contribution in [-0.2, 0) is 4.79 Å². The SMILES string of the molecule is C/C(=C1/SC(=O)NC1=O)c1ccc(Oc2ccccc2)cc1. The minimum Gasteiger partial charge on any atom is -0.457 e. The largest absolute Gasteiger partial charge is 0.457 e. The molecule has 0 bridgehead atoms. The van der Waals surface area contributed by atoms with Gasteiger partial charge in [0.25, 0.3) is 11.1 Å². The molecule has 5 heteroatoms. The summed E-state index contributed by atoms with van der Waals surface area (Å²) in [6.45, 7) is 1.83. The molecule has 2 aromatic rings. The number of para-hydroxylation sites is 1. The number of rotatable bonds is 3. The van der Waals surface area contributed by atoms with Gasteiger partial charge in [-0.05, 0) is 54.1 Å². The van der Waals surface area contributed by atoms with Crippen molar-refractivity contribution in [2.24, 2.45) is 0 Å². The van der Waals surface area contributed by atoms with Gasteiger partial charge in [-0.2, -0.15) is 0 Å². The van der Waals surface area contributed by atoms with Gasteiger partial charge in [0.15, 0.2) is 0 Å². The third-order valence-electron chi connectivity index (χ3n) is 3.22. The van der Waals surface area contributed by atoms with Crippen LogP contribution in [0.25, 0.3) is 5.57 Å². The number of allylic oxidation sites excluding steroid dienone is 1. The number of hydrogen-bond donors (Lipinski definition) is 1. The first-order valence-corrected chi connectivity index (χ1v) is 7.52. The zero-order chi connectivity index (χ0) is 15.5. The Labute approximate surface area is 132 Å². The van der Waals surface area contributed by atoms with Crippen LogP contribution in [-0.4, -0.2) is 11.1 Å². The van der Waals surface area contributed by atoms with E-state index in [4.69, 9.17) is 4.74 Å². The molecule has 0 aromatic heterocycles. The van der Waals surface area contributed by atoms with E-state index in [-0.39, 0.29) is 11.1 Å². The van der Waals surface area contributed by atoms with E-state index < -0.39 is 0 Å². The molecule has 1 saturated heterocycles. The number of carbonyl (C=O) groups excluding carboxylic acids is 2. The molecule has 1 aliphatic rings. The fourth-order valence-electron chi connectivity index (χ4n) is 2.09. The molecule has 3 rings (SSSR count). The lowest BCUT2D eigenvalue weighted by atomic mass is 10.1. The fourth-order valence-corrected chi connectivity index (χ4v) is 2.83. The summed E-state index contributed by atoms with van der Waals surface area (Å²) < 4.78 is 5.72. The van der Waals surface area contributed by atoms with Crippen molar-refractivity contribution in [3.8, 4) is 11.5 Å². The van der Waals surface area contributed by atoms with Crippen molar-refractivity contribution in [3.63, 3.8) is 0 Å². The Balaban J connectivity index is 1.81. The second-order valence-corrected chi connectivity index (χ2v) is 5.72. The Kier molecular flexibility index (Phi) is 3.98. The van der Waals surface area contributed by atoms with Gasteiger partial charge in [0, 0.05) is 0 Å². The van der Waals surface area contributed by atoms with E-state index in [1.54, 1.807) is 0 Å². The van der Waals surface area contributed by atoms with Crippen LogP contribution >= 0.6 is 11.8 Å². The average molecular weight is 311 g/mol. The van der Waals surface area contributed by atoms with Crippen molar-refractivity contribution in [2.75, 3.05) is 0 Å². The highest BCUT2D eigenvalue weighted by atomic mass is 32.2. The van der Waals surface area contributed by atoms with Gasteiger partial charge in [0.05, 0.1) is 4.91 Å². The molecule has 0 unspecified atom stereocenters. The summed E-state index contributed by atoms with van der Waals surface area (Å²) in [5.74, 6) is 1.14. The lowest BCUT2D eigenvalue weighted by molar-refractivity contribution is -0.115. The second kappa shape index (κ2) is 6.07. The Hall–Kier alpha value is -2.53. The molecule has 0 radical (unpaired) electrons. The molecular formula is C17H13NO3S. The standard InChI is InChI=1S/C17H13NO3S/c1-11(15-16(19)18-17(20)22-15)12-7-9-14(10-8-12)21-13-5-3-2-4-6-13/h2-10H,1H3,(H,18,19,20)/b15-11-. The van der Waals surface area contributed by atoms with Crippen LogP contribution in [0.15, 0.2) is 59.5 Å². The first-order valence-electron chi connectivity index (χ1n) is 6.71. The van der Waals surface area contributed by atoms with Crippen molar-refractivity contribution in [2.45, 2.75) is 6.92 Å². The molecule has 110 valence electrons. The molecule has 1 aliphatic heterocycles. The van der Waals surface area contributed by atoms with Crippen molar-refractivity contribution in [3.05, 3.63) is 65.1 Å². The van der Waals surface area contributed by atoms with Crippen molar-refractivity contribution in [1.29, 1.82) is 0 Å². The summed E-state index contributed by atoms with van der Waals surface area (Å²) in [5.41, 5.74) is 1.66. The number of amides is 2. The molecule has 4 nitrogen and oxygen atoms in total. The van der Waals surface area contributed by atoms with Crippen molar-refractivity contribution < 1.29 is 14.3 Å². The van der Waals surface area contributed by atoms with Crippen LogP contribution < -0.4 is 10.1 Å². The number of thioether (sulfide) groups is 1. The Morgan fingerprint density at radius 2 is 1.59 bits per heavy atom. The second-order valence-electron chi connectivity index (χ2n) is 4.74. The van der Waals surface area contributed by atoms with Crippen molar-refractivity contribution >= 4 is 28.5 Å².